The molecule has 6 nitrogen and oxygen atoms in total. The van der Waals surface area contributed by atoms with E-state index in [4.69, 9.17) is 0 Å². The van der Waals surface area contributed by atoms with Crippen LogP contribution in [0.4, 0.5) is 19.1 Å². The zero-order chi connectivity index (χ0) is 23.0. The number of pyridine rings is 1. The van der Waals surface area contributed by atoms with Crippen LogP contribution in [0.3, 0.4) is 0 Å². The van der Waals surface area contributed by atoms with E-state index < -0.39 is 23.0 Å². The SMILES string of the molecule is Cc1cc(F)ccc1-c1nc(N(C)CCO)nc2[nH]c(=O)cc(-c3c(F)cccc3F)c12. The molecule has 0 radical (unpaired) electrons. The Labute approximate surface area is 181 Å². The molecule has 0 saturated carbocycles. The molecule has 164 valence electrons. The first-order chi connectivity index (χ1) is 15.3. The van der Waals surface area contributed by atoms with Crippen LogP contribution in [0.25, 0.3) is 33.4 Å². The van der Waals surface area contributed by atoms with Crippen molar-refractivity contribution in [1.29, 1.82) is 0 Å². The van der Waals surface area contributed by atoms with Gasteiger partial charge in [0, 0.05) is 30.8 Å². The summed E-state index contributed by atoms with van der Waals surface area (Å²) in [5.41, 5.74) is 0.352. The average Bonchev–Trinajstić information content (AvgIpc) is 2.72. The maximum absolute atomic E-state index is 14.7. The van der Waals surface area contributed by atoms with E-state index in [1.165, 1.54) is 24.3 Å². The molecule has 4 aromatic rings. The number of hydrogen-bond acceptors (Lipinski definition) is 5. The summed E-state index contributed by atoms with van der Waals surface area (Å²) < 4.78 is 43.2. The summed E-state index contributed by atoms with van der Waals surface area (Å²) in [6.07, 6.45) is 0. The molecule has 0 atom stereocenters. The van der Waals surface area contributed by atoms with E-state index in [1.54, 1.807) is 18.9 Å². The van der Waals surface area contributed by atoms with E-state index in [2.05, 4.69) is 15.0 Å². The predicted octanol–water partition coefficient (Wildman–Crippen LogP) is 3.81. The lowest BCUT2D eigenvalue weighted by Gasteiger charge is -2.19. The minimum Gasteiger partial charge on any atom is -0.395 e. The van der Waals surface area contributed by atoms with Gasteiger partial charge >= 0.3 is 0 Å². The topological polar surface area (TPSA) is 82.1 Å². The minimum atomic E-state index is -0.847. The molecule has 2 aromatic carbocycles. The van der Waals surface area contributed by atoms with Crippen molar-refractivity contribution < 1.29 is 18.3 Å². The minimum absolute atomic E-state index is 0.0190. The second-order valence-electron chi connectivity index (χ2n) is 7.34. The zero-order valence-electron chi connectivity index (χ0n) is 17.3. The van der Waals surface area contributed by atoms with Gasteiger partial charge in [-0.15, -0.1) is 0 Å². The average molecular weight is 440 g/mol. The van der Waals surface area contributed by atoms with E-state index >= 15 is 0 Å². The van der Waals surface area contributed by atoms with Crippen LogP contribution >= 0.6 is 0 Å². The van der Waals surface area contributed by atoms with Crippen LogP contribution in [0.2, 0.25) is 0 Å². The van der Waals surface area contributed by atoms with Crippen LogP contribution < -0.4 is 10.5 Å². The lowest BCUT2D eigenvalue weighted by Crippen LogP contribution is -2.24. The van der Waals surface area contributed by atoms with Gasteiger partial charge in [0.1, 0.15) is 23.1 Å². The Morgan fingerprint density at radius 3 is 2.41 bits per heavy atom. The number of rotatable bonds is 5. The smallest absolute Gasteiger partial charge is 0.250 e. The van der Waals surface area contributed by atoms with Gasteiger partial charge in [0.15, 0.2) is 0 Å². The van der Waals surface area contributed by atoms with Crippen molar-refractivity contribution in [3.8, 4) is 22.4 Å². The molecule has 0 aliphatic heterocycles. The van der Waals surface area contributed by atoms with E-state index in [0.717, 1.165) is 18.2 Å². The van der Waals surface area contributed by atoms with E-state index in [9.17, 15) is 23.1 Å². The third kappa shape index (κ3) is 3.82. The molecular weight excluding hydrogens is 421 g/mol. The number of H-pyrrole nitrogens is 1. The summed E-state index contributed by atoms with van der Waals surface area (Å²) in [7, 11) is 1.65. The van der Waals surface area contributed by atoms with E-state index in [0.29, 0.717) is 11.1 Å². The third-order valence-electron chi connectivity index (χ3n) is 5.14. The fraction of sp³-hybridized carbons (Fsp3) is 0.174. The second kappa shape index (κ2) is 8.43. The van der Waals surface area contributed by atoms with Crippen molar-refractivity contribution in [2.45, 2.75) is 6.92 Å². The van der Waals surface area contributed by atoms with Gasteiger partial charge in [0.05, 0.1) is 23.3 Å². The number of fused-ring (bicyclic) bond motifs is 1. The largest absolute Gasteiger partial charge is 0.395 e. The fourth-order valence-electron chi connectivity index (χ4n) is 3.61. The normalized spacial score (nSPS) is 11.2. The molecule has 4 rings (SSSR count). The predicted molar refractivity (Wildman–Crippen MR) is 116 cm³/mol. The third-order valence-corrected chi connectivity index (χ3v) is 5.14. The van der Waals surface area contributed by atoms with Gasteiger partial charge in [-0.05, 0) is 42.8 Å². The number of aromatic nitrogens is 3. The summed E-state index contributed by atoms with van der Waals surface area (Å²) in [5, 5.41) is 9.50. The molecule has 0 amide bonds. The van der Waals surface area contributed by atoms with Crippen molar-refractivity contribution in [2.75, 3.05) is 25.1 Å². The Kier molecular flexibility index (Phi) is 5.67. The van der Waals surface area contributed by atoms with Gasteiger partial charge in [-0.1, -0.05) is 6.07 Å². The Morgan fingerprint density at radius 1 is 1.03 bits per heavy atom. The Bertz CT molecular complexity index is 1370. The van der Waals surface area contributed by atoms with Crippen LogP contribution in [0.5, 0.6) is 0 Å². The number of halogens is 3. The maximum Gasteiger partial charge on any atom is 0.250 e. The standard InChI is InChI=1S/C23H19F3N4O2/c1-12-10-13(24)6-7-14(12)21-20-15(19-16(25)4-3-5-17(19)26)11-18(32)27-22(20)29-23(28-21)30(2)8-9-31/h3-7,10-11,31H,8-9H2,1-2H3,(H,27,28,29,32). The van der Waals surface area contributed by atoms with Gasteiger partial charge in [-0.2, -0.15) is 4.98 Å². The Balaban J connectivity index is 2.16. The summed E-state index contributed by atoms with van der Waals surface area (Å²) in [4.78, 5) is 25.5. The van der Waals surface area contributed by atoms with Crippen molar-refractivity contribution in [3.63, 3.8) is 0 Å². The van der Waals surface area contributed by atoms with Crippen LogP contribution in [-0.2, 0) is 0 Å². The highest BCUT2D eigenvalue weighted by Gasteiger charge is 2.22. The molecular formula is C23H19F3N4O2. The molecule has 2 heterocycles. The first-order valence-corrected chi connectivity index (χ1v) is 9.78. The highest BCUT2D eigenvalue weighted by Crippen LogP contribution is 2.37. The Morgan fingerprint density at radius 2 is 1.75 bits per heavy atom. The molecule has 0 saturated heterocycles. The number of aromatic amines is 1. The van der Waals surface area contributed by atoms with Crippen molar-refractivity contribution in [2.24, 2.45) is 0 Å². The first kappa shape index (κ1) is 21.5. The highest BCUT2D eigenvalue weighted by molar-refractivity contribution is 6.02. The quantitative estimate of drug-likeness (QED) is 0.493. The van der Waals surface area contributed by atoms with Gasteiger partial charge in [0.2, 0.25) is 11.5 Å². The molecule has 0 spiro atoms. The fourth-order valence-corrected chi connectivity index (χ4v) is 3.61. The summed E-state index contributed by atoms with van der Waals surface area (Å²) >= 11 is 0. The lowest BCUT2D eigenvalue weighted by atomic mass is 9.96. The van der Waals surface area contributed by atoms with Crippen molar-refractivity contribution in [1.82, 2.24) is 15.0 Å². The first-order valence-electron chi connectivity index (χ1n) is 9.78. The number of aliphatic hydroxyl groups excluding tert-OH is 1. The Hall–Kier alpha value is -3.72. The number of aryl methyl sites for hydroxylation is 1. The number of benzene rings is 2. The second-order valence-corrected chi connectivity index (χ2v) is 7.34. The molecule has 0 bridgehead atoms. The molecule has 0 aliphatic carbocycles. The summed E-state index contributed by atoms with van der Waals surface area (Å²) in [6.45, 7) is 1.72. The molecule has 0 aliphatic rings. The molecule has 2 N–H and O–H groups in total. The molecule has 32 heavy (non-hydrogen) atoms. The van der Waals surface area contributed by atoms with E-state index in [-0.39, 0.29) is 47.0 Å². The monoisotopic (exact) mass is 440 g/mol. The van der Waals surface area contributed by atoms with Crippen LogP contribution in [0, 0.1) is 24.4 Å². The van der Waals surface area contributed by atoms with Crippen LogP contribution in [0.1, 0.15) is 5.56 Å². The molecule has 0 unspecified atom stereocenters. The van der Waals surface area contributed by atoms with Gasteiger partial charge in [-0.25, -0.2) is 18.2 Å². The number of aliphatic hydroxyl groups is 1. The number of hydrogen-bond donors (Lipinski definition) is 2. The van der Waals surface area contributed by atoms with Crippen LogP contribution in [-0.4, -0.2) is 40.3 Å². The van der Waals surface area contributed by atoms with E-state index in [1.807, 2.05) is 0 Å². The van der Waals surface area contributed by atoms with Crippen LogP contribution in [0.15, 0.2) is 47.3 Å². The van der Waals surface area contributed by atoms with Crippen molar-refractivity contribution in [3.05, 3.63) is 75.8 Å². The lowest BCUT2D eigenvalue weighted by molar-refractivity contribution is 0.303. The number of likely N-dealkylation sites (N-methyl/N-ethyl adjacent to an activating group) is 1. The van der Waals surface area contributed by atoms with Gasteiger partial charge in [-0.3, -0.25) is 4.79 Å². The molecule has 2 aromatic heterocycles. The van der Waals surface area contributed by atoms with Gasteiger partial charge < -0.3 is 15.0 Å². The number of nitrogens with one attached hydrogen (secondary N) is 1. The molecule has 9 heteroatoms. The number of nitrogens with zero attached hydrogens (tertiary/aromatic N) is 3. The molecule has 0 fully saturated rings. The highest BCUT2D eigenvalue weighted by atomic mass is 19.1. The summed E-state index contributed by atoms with van der Waals surface area (Å²) in [5.74, 6) is -1.97. The number of anilines is 1. The summed E-state index contributed by atoms with van der Waals surface area (Å²) in [6, 6.07) is 8.59. The van der Waals surface area contributed by atoms with Gasteiger partial charge in [0.25, 0.3) is 0 Å². The zero-order valence-corrected chi connectivity index (χ0v) is 17.3. The van der Waals surface area contributed by atoms with Crippen molar-refractivity contribution >= 4 is 17.0 Å². The maximum atomic E-state index is 14.7.